The van der Waals surface area contributed by atoms with Crippen molar-refractivity contribution in [2.75, 3.05) is 11.9 Å². The summed E-state index contributed by atoms with van der Waals surface area (Å²) >= 11 is 0. The molecule has 0 atom stereocenters. The van der Waals surface area contributed by atoms with Gasteiger partial charge in [-0.25, -0.2) is 4.79 Å². The molecule has 2 aromatic heterocycles. The van der Waals surface area contributed by atoms with Crippen molar-refractivity contribution >= 4 is 22.6 Å². The molecule has 0 unspecified atom stereocenters. The number of nitrogens with zero attached hydrogens (tertiary/aromatic N) is 2. The minimum absolute atomic E-state index is 0.314. The summed E-state index contributed by atoms with van der Waals surface area (Å²) in [5.41, 5.74) is 3.75. The van der Waals surface area contributed by atoms with Gasteiger partial charge in [0, 0.05) is 23.7 Å². The third-order valence-electron chi connectivity index (χ3n) is 3.89. The molecule has 0 aliphatic heterocycles. The van der Waals surface area contributed by atoms with Crippen LogP contribution in [0.5, 0.6) is 0 Å². The van der Waals surface area contributed by atoms with E-state index in [1.54, 1.807) is 13.1 Å². The van der Waals surface area contributed by atoms with Crippen LogP contribution in [0.25, 0.3) is 10.9 Å². The first-order valence-corrected chi connectivity index (χ1v) is 7.82. The van der Waals surface area contributed by atoms with Gasteiger partial charge < -0.3 is 14.6 Å². The number of carbonyl (C=O) groups is 1. The summed E-state index contributed by atoms with van der Waals surface area (Å²) in [5.74, 6) is 0.369. The summed E-state index contributed by atoms with van der Waals surface area (Å²) < 4.78 is 10.3. The number of carbonyl (C=O) groups excluding carboxylic acids is 1. The van der Waals surface area contributed by atoms with Crippen LogP contribution in [0.15, 0.2) is 35.0 Å². The topological polar surface area (TPSA) is 77.2 Å². The van der Waals surface area contributed by atoms with Crippen molar-refractivity contribution in [1.29, 1.82) is 0 Å². The molecule has 3 rings (SSSR count). The quantitative estimate of drug-likeness (QED) is 0.722. The Morgan fingerprint density at radius 2 is 2.08 bits per heavy atom. The van der Waals surface area contributed by atoms with Crippen molar-refractivity contribution in [3.05, 3.63) is 53.0 Å². The van der Waals surface area contributed by atoms with E-state index in [0.29, 0.717) is 24.4 Å². The zero-order valence-electron chi connectivity index (χ0n) is 13.9. The molecule has 0 bridgehead atoms. The lowest BCUT2D eigenvalue weighted by Gasteiger charge is -2.14. The molecule has 3 aromatic rings. The van der Waals surface area contributed by atoms with Crippen LogP contribution < -0.4 is 5.32 Å². The van der Waals surface area contributed by atoms with E-state index < -0.39 is 5.97 Å². The summed E-state index contributed by atoms with van der Waals surface area (Å²) in [4.78, 5) is 16.6. The van der Waals surface area contributed by atoms with E-state index >= 15 is 0 Å². The fraction of sp³-hybridized carbons (Fsp3) is 0.278. The molecule has 0 aliphatic rings. The van der Waals surface area contributed by atoms with Gasteiger partial charge in [0.2, 0.25) is 0 Å². The summed E-state index contributed by atoms with van der Waals surface area (Å²) in [5, 5.41) is 8.17. The molecule has 2 heterocycles. The van der Waals surface area contributed by atoms with E-state index in [9.17, 15) is 4.79 Å². The van der Waals surface area contributed by atoms with E-state index in [1.165, 1.54) is 0 Å². The number of fused-ring (bicyclic) bond motifs is 1. The van der Waals surface area contributed by atoms with Gasteiger partial charge >= 0.3 is 5.97 Å². The van der Waals surface area contributed by atoms with Crippen molar-refractivity contribution in [1.82, 2.24) is 10.1 Å². The lowest BCUT2D eigenvalue weighted by atomic mass is 10.1. The summed E-state index contributed by atoms with van der Waals surface area (Å²) in [6.45, 7) is 6.36. The predicted molar refractivity (Wildman–Crippen MR) is 91.0 cm³/mol. The lowest BCUT2D eigenvalue weighted by molar-refractivity contribution is 0.0527. The first-order chi connectivity index (χ1) is 11.6. The SMILES string of the molecule is CCOC(=O)c1cnc2ccccc2c1NCc1c(C)noc1C. The fourth-order valence-corrected chi connectivity index (χ4v) is 2.63. The molecule has 1 N–H and O–H groups in total. The maximum Gasteiger partial charge on any atom is 0.341 e. The van der Waals surface area contributed by atoms with Gasteiger partial charge in [0.25, 0.3) is 0 Å². The van der Waals surface area contributed by atoms with E-state index in [-0.39, 0.29) is 0 Å². The zero-order chi connectivity index (χ0) is 17.1. The van der Waals surface area contributed by atoms with Gasteiger partial charge in [0.05, 0.1) is 23.5 Å². The van der Waals surface area contributed by atoms with Crippen LogP contribution in [-0.4, -0.2) is 22.7 Å². The predicted octanol–water partition coefficient (Wildman–Crippen LogP) is 3.63. The number of ether oxygens (including phenoxy) is 1. The Morgan fingerprint density at radius 1 is 1.29 bits per heavy atom. The number of pyridine rings is 1. The number of esters is 1. The van der Waals surface area contributed by atoms with Crippen molar-refractivity contribution in [3.8, 4) is 0 Å². The Bertz CT molecular complexity index is 867. The number of nitrogens with one attached hydrogen (secondary N) is 1. The van der Waals surface area contributed by atoms with Crippen molar-refractivity contribution < 1.29 is 14.1 Å². The summed E-state index contributed by atoms with van der Waals surface area (Å²) in [6.07, 6.45) is 1.55. The van der Waals surface area contributed by atoms with E-state index in [1.807, 2.05) is 38.1 Å². The first kappa shape index (κ1) is 16.0. The first-order valence-electron chi connectivity index (χ1n) is 7.82. The number of aryl methyl sites for hydroxylation is 2. The monoisotopic (exact) mass is 325 g/mol. The molecule has 6 nitrogen and oxygen atoms in total. The third kappa shape index (κ3) is 2.95. The van der Waals surface area contributed by atoms with E-state index in [2.05, 4.69) is 15.5 Å². The molecule has 0 amide bonds. The van der Waals surface area contributed by atoms with Crippen LogP contribution in [-0.2, 0) is 11.3 Å². The Morgan fingerprint density at radius 3 is 2.79 bits per heavy atom. The van der Waals surface area contributed by atoms with Crippen LogP contribution in [0.4, 0.5) is 5.69 Å². The molecule has 124 valence electrons. The maximum atomic E-state index is 12.3. The standard InChI is InChI=1S/C18H19N3O3/c1-4-23-18(22)15-10-19-16-8-6-5-7-13(16)17(15)20-9-14-11(2)21-24-12(14)3/h5-8,10H,4,9H2,1-3H3,(H,19,20). The highest BCUT2D eigenvalue weighted by Crippen LogP contribution is 2.27. The van der Waals surface area contributed by atoms with Crippen molar-refractivity contribution in [2.24, 2.45) is 0 Å². The van der Waals surface area contributed by atoms with Gasteiger partial charge in [-0.05, 0) is 26.8 Å². The van der Waals surface area contributed by atoms with Crippen LogP contribution >= 0.6 is 0 Å². The second-order valence-corrected chi connectivity index (χ2v) is 5.44. The number of rotatable bonds is 5. The number of anilines is 1. The van der Waals surface area contributed by atoms with Gasteiger partial charge in [0.1, 0.15) is 11.3 Å². The molecule has 1 aromatic carbocycles. The molecule has 0 saturated carbocycles. The lowest BCUT2D eigenvalue weighted by Crippen LogP contribution is -2.11. The highest BCUT2D eigenvalue weighted by Gasteiger charge is 2.17. The Balaban J connectivity index is 2.03. The van der Waals surface area contributed by atoms with Gasteiger partial charge in [-0.1, -0.05) is 23.4 Å². The molecule has 6 heteroatoms. The van der Waals surface area contributed by atoms with Gasteiger partial charge in [-0.3, -0.25) is 4.98 Å². The number of para-hydroxylation sites is 1. The van der Waals surface area contributed by atoms with Crippen LogP contribution in [0, 0.1) is 13.8 Å². The molecule has 0 radical (unpaired) electrons. The fourth-order valence-electron chi connectivity index (χ4n) is 2.63. The summed E-state index contributed by atoms with van der Waals surface area (Å²) in [6, 6.07) is 7.67. The Labute approximate surface area is 139 Å². The second-order valence-electron chi connectivity index (χ2n) is 5.44. The van der Waals surface area contributed by atoms with Crippen LogP contribution in [0.1, 0.15) is 34.3 Å². The average molecular weight is 325 g/mol. The Kier molecular flexibility index (Phi) is 4.46. The van der Waals surface area contributed by atoms with Gasteiger partial charge in [0.15, 0.2) is 0 Å². The Hall–Kier alpha value is -2.89. The van der Waals surface area contributed by atoms with Crippen molar-refractivity contribution in [2.45, 2.75) is 27.3 Å². The number of aromatic nitrogens is 2. The highest BCUT2D eigenvalue weighted by molar-refractivity contribution is 6.04. The minimum Gasteiger partial charge on any atom is -0.462 e. The van der Waals surface area contributed by atoms with Gasteiger partial charge in [-0.15, -0.1) is 0 Å². The normalized spacial score (nSPS) is 10.8. The van der Waals surface area contributed by atoms with Gasteiger partial charge in [-0.2, -0.15) is 0 Å². The molecule has 0 fully saturated rings. The number of hydrogen-bond donors (Lipinski definition) is 1. The molecule has 0 saturated heterocycles. The molecular weight excluding hydrogens is 306 g/mol. The minimum atomic E-state index is -0.392. The number of benzene rings is 1. The van der Waals surface area contributed by atoms with Crippen LogP contribution in [0.3, 0.4) is 0 Å². The van der Waals surface area contributed by atoms with E-state index in [4.69, 9.17) is 9.26 Å². The smallest absolute Gasteiger partial charge is 0.341 e. The van der Waals surface area contributed by atoms with Crippen molar-refractivity contribution in [3.63, 3.8) is 0 Å². The largest absolute Gasteiger partial charge is 0.462 e. The zero-order valence-corrected chi connectivity index (χ0v) is 13.9. The van der Waals surface area contributed by atoms with Crippen LogP contribution in [0.2, 0.25) is 0 Å². The third-order valence-corrected chi connectivity index (χ3v) is 3.89. The summed E-state index contributed by atoms with van der Waals surface area (Å²) in [7, 11) is 0. The molecule has 24 heavy (non-hydrogen) atoms. The average Bonchev–Trinajstić information content (AvgIpc) is 2.91. The number of hydrogen-bond acceptors (Lipinski definition) is 6. The molecule has 0 aliphatic carbocycles. The molecular formula is C18H19N3O3. The second kappa shape index (κ2) is 6.70. The van der Waals surface area contributed by atoms with E-state index in [0.717, 1.165) is 27.9 Å². The maximum absolute atomic E-state index is 12.3. The molecule has 0 spiro atoms. The highest BCUT2D eigenvalue weighted by atomic mass is 16.5.